The van der Waals surface area contributed by atoms with Crippen molar-refractivity contribution in [2.45, 2.75) is 16.3 Å². The number of carbonyl (C=O) groups excluding carboxylic acids is 1. The Hall–Kier alpha value is -3.76. The molecule has 0 saturated heterocycles. The number of benzene rings is 2. The molecule has 0 spiro atoms. The van der Waals surface area contributed by atoms with E-state index >= 15 is 0 Å². The number of rotatable bonds is 5. The fourth-order valence-electron chi connectivity index (χ4n) is 3.07. The second kappa shape index (κ2) is 8.40. The maximum Gasteiger partial charge on any atom is 0.294 e. The maximum atomic E-state index is 13.2. The fraction of sp³-hybridized carbons (Fsp3) is 0.0476. The molecule has 1 amide bonds. The molecule has 11 heteroatoms. The topological polar surface area (TPSA) is 125 Å². The summed E-state index contributed by atoms with van der Waals surface area (Å²) in [6.07, 6.45) is 2.00. The van der Waals surface area contributed by atoms with Crippen molar-refractivity contribution in [2.75, 3.05) is 5.43 Å². The molecule has 2 heterocycles. The highest BCUT2D eigenvalue weighted by molar-refractivity contribution is 7.91. The molecule has 1 N–H and O–H groups in total. The minimum Gasteiger partial charge on any atom is -0.619 e. The standard InChI is InChI=1S/C21H15ClN4O5S/c22-15-7-5-14(6-8-15)13-19(27)23-26-21(28)18-4-2-1-3-17(18)20(24-26)32(30,31)16-9-11-25(29)12-10-16/h1-12H,13H2,(H,23,27). The fourth-order valence-corrected chi connectivity index (χ4v) is 4.56. The SMILES string of the molecule is O=C(Cc1ccc(Cl)cc1)Nn1nc(S(=O)(=O)c2cc[n+]([O-])cc2)c2ccccc2c1=O. The van der Waals surface area contributed by atoms with Crippen LogP contribution in [0.5, 0.6) is 0 Å². The van der Waals surface area contributed by atoms with E-state index in [0.717, 1.165) is 24.5 Å². The van der Waals surface area contributed by atoms with Crippen molar-refractivity contribution < 1.29 is 17.9 Å². The lowest BCUT2D eigenvalue weighted by Crippen LogP contribution is -2.37. The summed E-state index contributed by atoms with van der Waals surface area (Å²) in [6, 6.07) is 14.9. The number of carbonyl (C=O) groups is 1. The molecule has 0 unspecified atom stereocenters. The van der Waals surface area contributed by atoms with Crippen LogP contribution in [0, 0.1) is 5.21 Å². The van der Waals surface area contributed by atoms with Crippen LogP contribution in [0.4, 0.5) is 0 Å². The van der Waals surface area contributed by atoms with Crippen LogP contribution in [-0.4, -0.2) is 24.2 Å². The predicted octanol–water partition coefficient (Wildman–Crippen LogP) is 1.83. The number of pyridine rings is 1. The molecule has 4 rings (SSSR count). The van der Waals surface area contributed by atoms with Crippen molar-refractivity contribution in [3.05, 3.63) is 99.2 Å². The molecular formula is C21H15ClN4O5S. The molecule has 0 aliphatic rings. The summed E-state index contributed by atoms with van der Waals surface area (Å²) in [5.41, 5.74) is 2.30. The quantitative estimate of drug-likeness (QED) is 0.350. The second-order valence-electron chi connectivity index (χ2n) is 6.80. The van der Waals surface area contributed by atoms with Crippen molar-refractivity contribution in [2.24, 2.45) is 0 Å². The molecule has 0 bridgehead atoms. The van der Waals surface area contributed by atoms with E-state index in [-0.39, 0.29) is 22.1 Å². The van der Waals surface area contributed by atoms with Crippen molar-refractivity contribution in [3.63, 3.8) is 0 Å². The Morgan fingerprint density at radius 1 is 1.03 bits per heavy atom. The van der Waals surface area contributed by atoms with Gasteiger partial charge < -0.3 is 5.21 Å². The number of hydrogen-bond acceptors (Lipinski definition) is 6. The van der Waals surface area contributed by atoms with Gasteiger partial charge >= 0.3 is 0 Å². The molecule has 0 atom stereocenters. The van der Waals surface area contributed by atoms with Crippen LogP contribution in [0.2, 0.25) is 5.02 Å². The lowest BCUT2D eigenvalue weighted by Gasteiger charge is -2.12. The van der Waals surface area contributed by atoms with E-state index in [4.69, 9.17) is 11.6 Å². The minimum absolute atomic E-state index is 0.0580. The summed E-state index contributed by atoms with van der Waals surface area (Å²) in [5, 5.41) is 15.5. The van der Waals surface area contributed by atoms with Crippen molar-refractivity contribution in [1.29, 1.82) is 0 Å². The van der Waals surface area contributed by atoms with Gasteiger partial charge in [0.2, 0.25) is 15.7 Å². The normalized spacial score (nSPS) is 11.4. The molecule has 162 valence electrons. The third kappa shape index (κ3) is 4.18. The lowest BCUT2D eigenvalue weighted by atomic mass is 10.1. The van der Waals surface area contributed by atoms with E-state index in [1.807, 2.05) is 0 Å². The molecule has 32 heavy (non-hydrogen) atoms. The summed E-state index contributed by atoms with van der Waals surface area (Å²) in [6.45, 7) is 0. The Morgan fingerprint density at radius 3 is 2.31 bits per heavy atom. The van der Waals surface area contributed by atoms with Gasteiger partial charge in [-0.15, -0.1) is 9.89 Å². The maximum absolute atomic E-state index is 13.2. The summed E-state index contributed by atoms with van der Waals surface area (Å²) in [7, 11) is -4.21. The first-order valence-electron chi connectivity index (χ1n) is 9.26. The van der Waals surface area contributed by atoms with Crippen LogP contribution in [0.1, 0.15) is 5.56 Å². The molecule has 0 aliphatic heterocycles. The van der Waals surface area contributed by atoms with E-state index in [1.165, 1.54) is 12.1 Å². The number of hydrogen-bond donors (Lipinski definition) is 1. The zero-order valence-electron chi connectivity index (χ0n) is 16.3. The van der Waals surface area contributed by atoms with Crippen molar-refractivity contribution >= 4 is 38.1 Å². The van der Waals surface area contributed by atoms with Crippen molar-refractivity contribution in [1.82, 2.24) is 9.89 Å². The Morgan fingerprint density at radius 2 is 1.66 bits per heavy atom. The smallest absolute Gasteiger partial charge is 0.294 e. The number of halogens is 1. The average Bonchev–Trinajstić information content (AvgIpc) is 2.77. The zero-order valence-corrected chi connectivity index (χ0v) is 17.9. The van der Waals surface area contributed by atoms with Gasteiger partial charge in [-0.1, -0.05) is 41.9 Å². The molecule has 0 aliphatic carbocycles. The summed E-state index contributed by atoms with van der Waals surface area (Å²) in [5.74, 6) is -0.576. The van der Waals surface area contributed by atoms with Gasteiger partial charge in [-0.3, -0.25) is 9.59 Å². The monoisotopic (exact) mass is 470 g/mol. The highest BCUT2D eigenvalue weighted by atomic mass is 35.5. The van der Waals surface area contributed by atoms with Gasteiger partial charge in [0.05, 0.1) is 16.7 Å². The molecule has 4 aromatic rings. The average molecular weight is 471 g/mol. The Bertz CT molecular complexity index is 1480. The van der Waals surface area contributed by atoms with Gasteiger partial charge in [-0.2, -0.15) is 4.73 Å². The number of amides is 1. The van der Waals surface area contributed by atoms with Gasteiger partial charge in [0.25, 0.3) is 5.56 Å². The first-order valence-corrected chi connectivity index (χ1v) is 11.1. The Kier molecular flexibility index (Phi) is 5.64. The van der Waals surface area contributed by atoms with Gasteiger partial charge in [0, 0.05) is 22.5 Å². The van der Waals surface area contributed by atoms with Gasteiger partial charge in [0.1, 0.15) is 0 Å². The minimum atomic E-state index is -4.21. The third-order valence-corrected chi connectivity index (χ3v) is 6.57. The van der Waals surface area contributed by atoms with Crippen LogP contribution < -0.4 is 15.7 Å². The zero-order chi connectivity index (χ0) is 22.9. The highest BCUT2D eigenvalue weighted by Gasteiger charge is 2.26. The van der Waals surface area contributed by atoms with Crippen LogP contribution >= 0.6 is 11.6 Å². The van der Waals surface area contributed by atoms with Gasteiger partial charge in [0.15, 0.2) is 17.4 Å². The summed E-state index contributed by atoms with van der Waals surface area (Å²) >= 11 is 5.84. The number of nitrogens with zero attached hydrogens (tertiary/aromatic N) is 3. The van der Waals surface area contributed by atoms with Crippen LogP contribution in [-0.2, 0) is 21.1 Å². The number of fused-ring (bicyclic) bond motifs is 1. The highest BCUT2D eigenvalue weighted by Crippen LogP contribution is 2.24. The molecule has 9 nitrogen and oxygen atoms in total. The van der Waals surface area contributed by atoms with Crippen molar-refractivity contribution in [3.8, 4) is 0 Å². The number of sulfone groups is 1. The Labute approximate surface area is 187 Å². The summed E-state index contributed by atoms with van der Waals surface area (Å²) in [4.78, 5) is 25.8. The largest absolute Gasteiger partial charge is 0.619 e. The molecular weight excluding hydrogens is 456 g/mol. The van der Waals surface area contributed by atoms with E-state index in [0.29, 0.717) is 20.1 Å². The van der Waals surface area contributed by atoms with E-state index in [2.05, 4.69) is 10.5 Å². The van der Waals surface area contributed by atoms with Crippen LogP contribution in [0.15, 0.2) is 87.8 Å². The van der Waals surface area contributed by atoms with Gasteiger partial charge in [-0.25, -0.2) is 13.8 Å². The Balaban J connectivity index is 1.78. The first-order chi connectivity index (χ1) is 15.3. The number of aromatic nitrogens is 3. The first kappa shape index (κ1) is 21.5. The van der Waals surface area contributed by atoms with Crippen LogP contribution in [0.25, 0.3) is 10.8 Å². The third-order valence-electron chi connectivity index (χ3n) is 4.62. The molecule has 2 aromatic heterocycles. The second-order valence-corrected chi connectivity index (χ2v) is 9.10. The predicted molar refractivity (Wildman–Crippen MR) is 116 cm³/mol. The van der Waals surface area contributed by atoms with E-state index in [1.54, 1.807) is 36.4 Å². The van der Waals surface area contributed by atoms with E-state index in [9.17, 15) is 23.2 Å². The molecule has 0 radical (unpaired) electrons. The number of nitrogens with one attached hydrogen (secondary N) is 1. The molecule has 2 aromatic carbocycles. The summed E-state index contributed by atoms with van der Waals surface area (Å²) < 4.78 is 26.9. The van der Waals surface area contributed by atoms with E-state index < -0.39 is 26.3 Å². The molecule has 0 fully saturated rings. The molecule has 0 saturated carbocycles. The van der Waals surface area contributed by atoms with Gasteiger partial charge in [-0.05, 0) is 23.8 Å². The lowest BCUT2D eigenvalue weighted by molar-refractivity contribution is -0.605. The van der Waals surface area contributed by atoms with Crippen LogP contribution in [0.3, 0.4) is 0 Å².